The van der Waals surface area contributed by atoms with Crippen LogP contribution in [0.5, 0.6) is 0 Å². The lowest BCUT2D eigenvalue weighted by atomic mass is 9.78. The van der Waals surface area contributed by atoms with E-state index in [0.29, 0.717) is 5.41 Å². The fourth-order valence-electron chi connectivity index (χ4n) is 5.04. The van der Waals surface area contributed by atoms with Crippen molar-refractivity contribution in [3.05, 3.63) is 0 Å². The minimum absolute atomic E-state index is 0.131. The van der Waals surface area contributed by atoms with Crippen LogP contribution in [0.1, 0.15) is 92.9 Å². The number of thiol groups is 1. The molecular weight excluding hydrogens is 314 g/mol. The zero-order valence-electron chi connectivity index (χ0n) is 17.0. The van der Waals surface area contributed by atoms with E-state index in [9.17, 15) is 5.11 Å². The molecule has 3 heteroatoms. The van der Waals surface area contributed by atoms with Gasteiger partial charge in [-0.15, -0.1) is 0 Å². The molecule has 0 bridgehead atoms. The van der Waals surface area contributed by atoms with Crippen molar-refractivity contribution in [3.63, 3.8) is 0 Å². The van der Waals surface area contributed by atoms with Crippen molar-refractivity contribution in [1.82, 2.24) is 4.90 Å². The minimum atomic E-state index is -0.484. The maximum Gasteiger partial charge on any atom is 0.0620 e. The molecule has 3 aliphatic rings. The number of piperidine rings is 1. The molecular formula is C21H41NOS. The third kappa shape index (κ3) is 3.99. The zero-order valence-corrected chi connectivity index (χ0v) is 17.9. The summed E-state index contributed by atoms with van der Waals surface area (Å²) in [7, 11) is 0. The van der Waals surface area contributed by atoms with Crippen LogP contribution in [-0.2, 0) is 0 Å². The molecule has 3 rings (SSSR count). The highest BCUT2D eigenvalue weighted by atomic mass is 32.1. The summed E-state index contributed by atoms with van der Waals surface area (Å²) in [6.45, 7) is 15.5. The first-order valence-electron chi connectivity index (χ1n) is 10.3. The van der Waals surface area contributed by atoms with Gasteiger partial charge in [-0.05, 0) is 65.7 Å². The number of aliphatic hydroxyl groups is 1. The van der Waals surface area contributed by atoms with E-state index in [1.807, 2.05) is 20.8 Å². The molecule has 0 aromatic carbocycles. The van der Waals surface area contributed by atoms with E-state index in [0.717, 1.165) is 25.2 Å². The second-order valence-corrected chi connectivity index (χ2v) is 10.6. The summed E-state index contributed by atoms with van der Waals surface area (Å²) in [5.74, 6) is 0.843. The molecule has 1 aliphatic heterocycles. The maximum atomic E-state index is 10.6. The van der Waals surface area contributed by atoms with Crippen molar-refractivity contribution in [2.45, 2.75) is 109 Å². The quantitative estimate of drug-likeness (QED) is 0.624. The first kappa shape index (κ1) is 20.6. The number of hydrogen-bond acceptors (Lipinski definition) is 3. The SMILES string of the molecule is CC.CC1(O)CCCCCC(S)(C23CC2CN(C(C)(C)C)C3)CC1. The molecule has 0 aromatic heterocycles. The van der Waals surface area contributed by atoms with Gasteiger partial charge in [-0.3, -0.25) is 4.90 Å². The molecule has 3 fully saturated rings. The van der Waals surface area contributed by atoms with Gasteiger partial charge in [0, 0.05) is 28.8 Å². The van der Waals surface area contributed by atoms with E-state index in [-0.39, 0.29) is 10.3 Å². The van der Waals surface area contributed by atoms with E-state index < -0.39 is 5.60 Å². The standard InChI is InChI=1S/C19H35NOS.C2H6/c1-16(2,3)20-13-15-12-18(15,14-20)19(22)9-7-5-6-8-17(4,21)10-11-19;1-2/h15,21-22H,5-14H2,1-4H3;1-2H3. The van der Waals surface area contributed by atoms with E-state index in [1.165, 1.54) is 45.2 Å². The van der Waals surface area contributed by atoms with Crippen molar-refractivity contribution in [2.75, 3.05) is 13.1 Å². The van der Waals surface area contributed by atoms with Gasteiger partial charge in [-0.1, -0.05) is 33.1 Å². The molecule has 142 valence electrons. The average Bonchev–Trinajstić information content (AvgIpc) is 3.06. The Morgan fingerprint density at radius 2 is 1.62 bits per heavy atom. The largest absolute Gasteiger partial charge is 0.390 e. The second kappa shape index (κ2) is 7.12. The monoisotopic (exact) mass is 355 g/mol. The van der Waals surface area contributed by atoms with Gasteiger partial charge >= 0.3 is 0 Å². The molecule has 2 aliphatic carbocycles. The first-order valence-corrected chi connectivity index (χ1v) is 10.7. The summed E-state index contributed by atoms with van der Waals surface area (Å²) >= 11 is 5.31. The van der Waals surface area contributed by atoms with E-state index >= 15 is 0 Å². The van der Waals surface area contributed by atoms with E-state index in [2.05, 4.69) is 25.7 Å². The summed E-state index contributed by atoms with van der Waals surface area (Å²) < 4.78 is 0.131. The topological polar surface area (TPSA) is 23.5 Å². The summed E-state index contributed by atoms with van der Waals surface area (Å²) in [6.07, 6.45) is 9.26. The van der Waals surface area contributed by atoms with Crippen LogP contribution in [0.4, 0.5) is 0 Å². The van der Waals surface area contributed by atoms with Gasteiger partial charge in [0.2, 0.25) is 0 Å². The highest BCUT2D eigenvalue weighted by Gasteiger charge is 2.69. The van der Waals surface area contributed by atoms with Crippen LogP contribution < -0.4 is 0 Å². The molecule has 0 aromatic rings. The van der Waals surface area contributed by atoms with Gasteiger partial charge in [-0.2, -0.15) is 12.6 Å². The summed E-state index contributed by atoms with van der Waals surface area (Å²) in [6, 6.07) is 0. The Morgan fingerprint density at radius 1 is 1.00 bits per heavy atom. The van der Waals surface area contributed by atoms with Crippen molar-refractivity contribution < 1.29 is 5.11 Å². The molecule has 4 unspecified atom stereocenters. The lowest BCUT2D eigenvalue weighted by Crippen LogP contribution is -2.45. The smallest absolute Gasteiger partial charge is 0.0620 e. The summed E-state index contributed by atoms with van der Waals surface area (Å²) in [4.78, 5) is 2.67. The predicted octanol–water partition coefficient (Wildman–Crippen LogP) is 5.30. The van der Waals surface area contributed by atoms with Crippen molar-refractivity contribution in [1.29, 1.82) is 0 Å². The van der Waals surface area contributed by atoms with Crippen LogP contribution in [0, 0.1) is 11.3 Å². The molecule has 0 radical (unpaired) electrons. The van der Waals surface area contributed by atoms with E-state index in [1.54, 1.807) is 0 Å². The zero-order chi connectivity index (χ0) is 18.2. The number of likely N-dealkylation sites (tertiary alicyclic amines) is 1. The molecule has 2 saturated carbocycles. The Labute approximate surface area is 156 Å². The molecule has 0 amide bonds. The highest BCUT2D eigenvalue weighted by molar-refractivity contribution is 7.81. The van der Waals surface area contributed by atoms with Crippen LogP contribution in [0.3, 0.4) is 0 Å². The highest BCUT2D eigenvalue weighted by Crippen LogP contribution is 2.69. The van der Waals surface area contributed by atoms with Crippen LogP contribution in [0.2, 0.25) is 0 Å². The van der Waals surface area contributed by atoms with Gasteiger partial charge < -0.3 is 5.11 Å². The summed E-state index contributed by atoms with van der Waals surface area (Å²) in [5.41, 5.74) is 0.208. The van der Waals surface area contributed by atoms with Gasteiger partial charge in [0.25, 0.3) is 0 Å². The maximum absolute atomic E-state index is 10.6. The van der Waals surface area contributed by atoms with E-state index in [4.69, 9.17) is 12.6 Å². The third-order valence-electron chi connectivity index (χ3n) is 6.90. The van der Waals surface area contributed by atoms with Crippen LogP contribution in [0.25, 0.3) is 0 Å². The molecule has 1 N–H and O–H groups in total. The van der Waals surface area contributed by atoms with Crippen molar-refractivity contribution >= 4 is 12.6 Å². The third-order valence-corrected chi connectivity index (χ3v) is 7.80. The van der Waals surface area contributed by atoms with Crippen LogP contribution in [-0.4, -0.2) is 39.0 Å². The van der Waals surface area contributed by atoms with Crippen LogP contribution >= 0.6 is 12.6 Å². The average molecular weight is 356 g/mol. The predicted molar refractivity (Wildman–Crippen MR) is 108 cm³/mol. The van der Waals surface area contributed by atoms with Gasteiger partial charge in [-0.25, -0.2) is 0 Å². The number of rotatable bonds is 1. The fourth-order valence-corrected chi connectivity index (χ4v) is 5.65. The Balaban J connectivity index is 0.00000100. The lowest BCUT2D eigenvalue weighted by Gasteiger charge is -2.41. The molecule has 0 spiro atoms. The molecule has 24 heavy (non-hydrogen) atoms. The Morgan fingerprint density at radius 3 is 2.21 bits per heavy atom. The Bertz CT molecular complexity index is 430. The van der Waals surface area contributed by atoms with Gasteiger partial charge in [0.15, 0.2) is 0 Å². The molecule has 1 heterocycles. The van der Waals surface area contributed by atoms with Gasteiger partial charge in [0.1, 0.15) is 0 Å². The second-order valence-electron chi connectivity index (χ2n) is 9.70. The Kier molecular flexibility index (Phi) is 6.10. The van der Waals surface area contributed by atoms with Crippen LogP contribution in [0.15, 0.2) is 0 Å². The Hall–Kier alpha value is 0.270. The normalized spacial score (nSPS) is 43.8. The first-order chi connectivity index (χ1) is 11.1. The van der Waals surface area contributed by atoms with Gasteiger partial charge in [0.05, 0.1) is 5.60 Å². The molecule has 1 saturated heterocycles. The number of fused-ring (bicyclic) bond motifs is 1. The molecule has 2 nitrogen and oxygen atoms in total. The summed E-state index contributed by atoms with van der Waals surface area (Å²) in [5, 5.41) is 10.6. The fraction of sp³-hybridized carbons (Fsp3) is 1.00. The number of nitrogens with zero attached hydrogens (tertiary/aromatic N) is 1. The van der Waals surface area contributed by atoms with Crippen molar-refractivity contribution in [3.8, 4) is 0 Å². The lowest BCUT2D eigenvalue weighted by molar-refractivity contribution is 0.0332. The number of hydrogen-bond donors (Lipinski definition) is 2. The van der Waals surface area contributed by atoms with Crippen molar-refractivity contribution in [2.24, 2.45) is 11.3 Å². The molecule has 4 atom stereocenters. The minimum Gasteiger partial charge on any atom is -0.390 e.